The fourth-order valence-corrected chi connectivity index (χ4v) is 3.27. The molecule has 0 bridgehead atoms. The molecular weight excluding hydrogens is 288 g/mol. The summed E-state index contributed by atoms with van der Waals surface area (Å²) in [6.07, 6.45) is 0. The van der Waals surface area contributed by atoms with Crippen molar-refractivity contribution in [2.45, 2.75) is 11.8 Å². The van der Waals surface area contributed by atoms with Gasteiger partial charge in [-0.05, 0) is 36.8 Å². The van der Waals surface area contributed by atoms with Crippen LogP contribution in [0.4, 0.5) is 0 Å². The first kappa shape index (κ1) is 15.3. The van der Waals surface area contributed by atoms with E-state index < -0.39 is 21.4 Å². The van der Waals surface area contributed by atoms with Gasteiger partial charge < -0.3 is 4.74 Å². The molecule has 0 amide bonds. The lowest BCUT2D eigenvalue weighted by Crippen LogP contribution is -2.16. The Kier molecular flexibility index (Phi) is 4.43. The first-order valence-corrected chi connectivity index (χ1v) is 8.04. The number of ketones is 1. The van der Waals surface area contributed by atoms with Gasteiger partial charge in [0.05, 0.1) is 12.0 Å². The largest absolute Gasteiger partial charge is 0.497 e. The predicted molar refractivity (Wildman–Crippen MR) is 80.6 cm³/mol. The number of aryl methyl sites for hydroxylation is 1. The highest BCUT2D eigenvalue weighted by Crippen LogP contribution is 2.17. The molecule has 110 valence electrons. The quantitative estimate of drug-likeness (QED) is 0.797. The van der Waals surface area contributed by atoms with Gasteiger partial charge in [-0.25, -0.2) is 8.42 Å². The molecule has 21 heavy (non-hydrogen) atoms. The van der Waals surface area contributed by atoms with Crippen LogP contribution in [0.15, 0.2) is 53.4 Å². The van der Waals surface area contributed by atoms with Crippen molar-refractivity contribution in [1.82, 2.24) is 0 Å². The van der Waals surface area contributed by atoms with Crippen molar-refractivity contribution in [3.63, 3.8) is 0 Å². The van der Waals surface area contributed by atoms with Crippen LogP contribution in [0.5, 0.6) is 5.75 Å². The Morgan fingerprint density at radius 2 is 1.81 bits per heavy atom. The molecule has 0 saturated carbocycles. The Balaban J connectivity index is 2.25. The second-order valence-electron chi connectivity index (χ2n) is 4.73. The van der Waals surface area contributed by atoms with E-state index in [1.807, 2.05) is 13.0 Å². The molecule has 2 aromatic rings. The Labute approximate surface area is 124 Å². The van der Waals surface area contributed by atoms with Gasteiger partial charge in [0.1, 0.15) is 11.5 Å². The lowest BCUT2D eigenvalue weighted by molar-refractivity contribution is 0.102. The van der Waals surface area contributed by atoms with Crippen LogP contribution in [0.3, 0.4) is 0 Å². The van der Waals surface area contributed by atoms with Crippen molar-refractivity contribution in [3.05, 3.63) is 59.7 Å². The number of hydrogen-bond acceptors (Lipinski definition) is 4. The van der Waals surface area contributed by atoms with Crippen molar-refractivity contribution >= 4 is 15.6 Å². The summed E-state index contributed by atoms with van der Waals surface area (Å²) in [7, 11) is -2.15. The van der Waals surface area contributed by atoms with Gasteiger partial charge in [0.15, 0.2) is 15.6 Å². The van der Waals surface area contributed by atoms with Crippen molar-refractivity contribution < 1.29 is 17.9 Å². The summed E-state index contributed by atoms with van der Waals surface area (Å²) in [4.78, 5) is 12.3. The lowest BCUT2D eigenvalue weighted by atomic mass is 10.1. The number of carbonyl (C=O) groups excluding carboxylic acids is 1. The monoisotopic (exact) mass is 304 g/mol. The molecule has 0 aliphatic heterocycles. The molecule has 0 fully saturated rings. The number of benzene rings is 2. The zero-order valence-corrected chi connectivity index (χ0v) is 12.7. The summed E-state index contributed by atoms with van der Waals surface area (Å²) in [5, 5.41) is 0. The van der Waals surface area contributed by atoms with Gasteiger partial charge in [-0.3, -0.25) is 4.79 Å². The van der Waals surface area contributed by atoms with Crippen molar-refractivity contribution in [2.24, 2.45) is 0 Å². The van der Waals surface area contributed by atoms with Crippen molar-refractivity contribution in [3.8, 4) is 5.75 Å². The number of ether oxygens (including phenoxy) is 1. The minimum absolute atomic E-state index is 0.166. The van der Waals surface area contributed by atoms with E-state index in [9.17, 15) is 13.2 Å². The molecule has 0 unspecified atom stereocenters. The van der Waals surface area contributed by atoms with Crippen LogP contribution in [0, 0.1) is 6.92 Å². The summed E-state index contributed by atoms with van der Waals surface area (Å²) in [6, 6.07) is 13.0. The number of carbonyl (C=O) groups is 1. The van der Waals surface area contributed by atoms with Crippen LogP contribution >= 0.6 is 0 Å². The molecule has 2 rings (SSSR count). The Morgan fingerprint density at radius 1 is 1.10 bits per heavy atom. The van der Waals surface area contributed by atoms with Crippen LogP contribution in [0.25, 0.3) is 0 Å². The van der Waals surface area contributed by atoms with E-state index in [1.54, 1.807) is 30.3 Å². The maximum Gasteiger partial charge on any atom is 0.185 e. The standard InChI is InChI=1S/C16H16O4S/c1-12-5-3-8-15(9-12)21(18,19)11-16(17)13-6-4-7-14(10-13)20-2/h3-10H,11H2,1-2H3. The Morgan fingerprint density at radius 3 is 2.48 bits per heavy atom. The van der Waals surface area contributed by atoms with E-state index >= 15 is 0 Å². The minimum Gasteiger partial charge on any atom is -0.497 e. The zero-order valence-electron chi connectivity index (χ0n) is 11.9. The second-order valence-corrected chi connectivity index (χ2v) is 6.72. The van der Waals surface area contributed by atoms with Crippen LogP contribution in [-0.4, -0.2) is 27.1 Å². The third-order valence-electron chi connectivity index (χ3n) is 3.06. The highest BCUT2D eigenvalue weighted by molar-refractivity contribution is 7.92. The summed E-state index contributed by atoms with van der Waals surface area (Å²) in [5.74, 6) is -0.479. The van der Waals surface area contributed by atoms with Crippen LogP contribution < -0.4 is 4.74 Å². The topological polar surface area (TPSA) is 60.4 Å². The lowest BCUT2D eigenvalue weighted by Gasteiger charge is -2.06. The van der Waals surface area contributed by atoms with Crippen LogP contribution in [-0.2, 0) is 9.84 Å². The summed E-state index contributed by atoms with van der Waals surface area (Å²) < 4.78 is 29.6. The van der Waals surface area contributed by atoms with Gasteiger partial charge in [0.2, 0.25) is 0 Å². The first-order chi connectivity index (χ1) is 9.92. The normalized spacial score (nSPS) is 11.1. The molecule has 2 aromatic carbocycles. The molecule has 0 saturated heterocycles. The fourth-order valence-electron chi connectivity index (χ4n) is 1.94. The molecule has 0 atom stereocenters. The summed E-state index contributed by atoms with van der Waals surface area (Å²) in [6.45, 7) is 1.81. The van der Waals surface area contributed by atoms with Crippen LogP contribution in [0.1, 0.15) is 15.9 Å². The number of rotatable bonds is 5. The van der Waals surface area contributed by atoms with Gasteiger partial charge in [-0.2, -0.15) is 0 Å². The fraction of sp³-hybridized carbons (Fsp3) is 0.188. The first-order valence-electron chi connectivity index (χ1n) is 6.39. The average molecular weight is 304 g/mol. The molecule has 0 heterocycles. The van der Waals surface area contributed by atoms with E-state index in [4.69, 9.17) is 4.74 Å². The maximum atomic E-state index is 12.3. The number of methoxy groups -OCH3 is 1. The van der Waals surface area contributed by atoms with Crippen LogP contribution in [0.2, 0.25) is 0 Å². The van der Waals surface area contributed by atoms with E-state index in [0.29, 0.717) is 11.3 Å². The third kappa shape index (κ3) is 3.70. The molecule has 0 aliphatic carbocycles. The predicted octanol–water partition coefficient (Wildman–Crippen LogP) is 2.66. The highest BCUT2D eigenvalue weighted by atomic mass is 32.2. The van der Waals surface area contributed by atoms with Gasteiger partial charge in [0.25, 0.3) is 0 Å². The maximum absolute atomic E-state index is 12.3. The smallest absolute Gasteiger partial charge is 0.185 e. The summed E-state index contributed by atoms with van der Waals surface area (Å²) in [5.41, 5.74) is 1.16. The van der Waals surface area contributed by atoms with E-state index in [-0.39, 0.29) is 4.90 Å². The molecule has 0 aliphatic rings. The Bertz CT molecular complexity index is 763. The van der Waals surface area contributed by atoms with Gasteiger partial charge in [-0.15, -0.1) is 0 Å². The molecule has 0 radical (unpaired) electrons. The highest BCUT2D eigenvalue weighted by Gasteiger charge is 2.20. The SMILES string of the molecule is COc1cccc(C(=O)CS(=O)(=O)c2cccc(C)c2)c1. The van der Waals surface area contributed by atoms with E-state index in [1.165, 1.54) is 19.2 Å². The molecule has 4 nitrogen and oxygen atoms in total. The van der Waals surface area contributed by atoms with Crippen molar-refractivity contribution in [2.75, 3.05) is 12.9 Å². The minimum atomic E-state index is -3.64. The van der Waals surface area contributed by atoms with Gasteiger partial charge in [-0.1, -0.05) is 24.3 Å². The average Bonchev–Trinajstić information content (AvgIpc) is 2.47. The third-order valence-corrected chi connectivity index (χ3v) is 4.68. The molecular formula is C16H16O4S. The molecule has 0 N–H and O–H groups in total. The molecule has 0 aromatic heterocycles. The summed E-state index contributed by atoms with van der Waals surface area (Å²) >= 11 is 0. The Hall–Kier alpha value is -2.14. The second kappa shape index (κ2) is 6.10. The van der Waals surface area contributed by atoms with Gasteiger partial charge in [0, 0.05) is 5.56 Å². The van der Waals surface area contributed by atoms with Crippen molar-refractivity contribution in [1.29, 1.82) is 0 Å². The zero-order chi connectivity index (χ0) is 15.5. The van der Waals surface area contributed by atoms with Gasteiger partial charge >= 0.3 is 0 Å². The molecule has 5 heteroatoms. The number of Topliss-reactive ketones (excluding diaryl/α,β-unsaturated/α-hetero) is 1. The van der Waals surface area contributed by atoms with E-state index in [2.05, 4.69) is 0 Å². The number of hydrogen-bond donors (Lipinski definition) is 0. The number of sulfone groups is 1. The molecule has 0 spiro atoms. The van der Waals surface area contributed by atoms with E-state index in [0.717, 1.165) is 5.56 Å².